The zero-order valence-electron chi connectivity index (χ0n) is 16.6. The van der Waals surface area contributed by atoms with Crippen molar-refractivity contribution in [2.45, 2.75) is 58.2 Å². The van der Waals surface area contributed by atoms with Crippen LogP contribution in [0.2, 0.25) is 0 Å². The summed E-state index contributed by atoms with van der Waals surface area (Å²) < 4.78 is 5.38. The molecule has 1 unspecified atom stereocenters. The maximum Gasteiger partial charge on any atom is 0.116 e. The Labute approximate surface area is 168 Å². The first-order valence-electron chi connectivity index (χ1n) is 9.22. The van der Waals surface area contributed by atoms with Crippen molar-refractivity contribution in [1.29, 1.82) is 0 Å². The van der Waals surface area contributed by atoms with E-state index in [-0.39, 0.29) is 0 Å². The van der Waals surface area contributed by atoms with E-state index in [1.54, 1.807) is 25.4 Å². The molecule has 1 fully saturated rings. The molecular weight excluding hydrogens is 375 g/mol. The Balaban J connectivity index is 0.000000221. The van der Waals surface area contributed by atoms with Crippen LogP contribution in [0.15, 0.2) is 36.7 Å². The number of rotatable bonds is 3. The number of hydrogen-bond acceptors (Lipinski definition) is 6. The molecule has 1 aromatic heterocycles. The summed E-state index contributed by atoms with van der Waals surface area (Å²) in [7, 11) is 2.56. The largest absolute Gasteiger partial charge is 0.388 e. The maximum atomic E-state index is 10.1. The third-order valence-corrected chi connectivity index (χ3v) is 5.13. The minimum Gasteiger partial charge on any atom is -0.388 e. The molecule has 3 N–H and O–H groups in total. The number of ether oxygens (including phenoxy) is 1. The van der Waals surface area contributed by atoms with Crippen LogP contribution in [-0.2, 0) is 4.74 Å². The monoisotopic (exact) mass is 404 g/mol. The van der Waals surface area contributed by atoms with Crippen molar-refractivity contribution in [3.05, 3.63) is 59.2 Å². The van der Waals surface area contributed by atoms with Crippen LogP contribution in [0.5, 0.6) is 0 Å². The van der Waals surface area contributed by atoms with Crippen LogP contribution in [0.25, 0.3) is 6.08 Å². The van der Waals surface area contributed by atoms with Crippen molar-refractivity contribution in [3.63, 3.8) is 0 Å². The van der Waals surface area contributed by atoms with Gasteiger partial charge in [0, 0.05) is 17.0 Å². The summed E-state index contributed by atoms with van der Waals surface area (Å²) in [5.41, 5.74) is 3.88. The first-order valence-corrected chi connectivity index (χ1v) is 9.80. The van der Waals surface area contributed by atoms with Gasteiger partial charge in [0.2, 0.25) is 0 Å². The fourth-order valence-corrected chi connectivity index (χ4v) is 3.23. The molecular formula is C21H29N2O4P. The van der Waals surface area contributed by atoms with Crippen LogP contribution < -0.4 is 5.30 Å². The first-order chi connectivity index (χ1) is 13.3. The SMILES string of the molecule is C/C=C\c1c(C)ncnc1C.C[C@@H]1O[C@H]([C@@H](O)c2ccc(P)cc2)[C@@H](O)[C@H]1O. The maximum absolute atomic E-state index is 10.1. The molecule has 0 spiro atoms. The van der Waals surface area contributed by atoms with Gasteiger partial charge in [0.25, 0.3) is 0 Å². The Bertz CT molecular complexity index is 777. The van der Waals surface area contributed by atoms with Gasteiger partial charge in [-0.05, 0) is 38.6 Å². The number of benzene rings is 1. The van der Waals surface area contributed by atoms with Crippen molar-refractivity contribution in [2.75, 3.05) is 0 Å². The minimum absolute atomic E-state index is 0.467. The molecule has 1 saturated heterocycles. The highest BCUT2D eigenvalue weighted by molar-refractivity contribution is 7.27. The molecule has 1 aliphatic rings. The summed E-state index contributed by atoms with van der Waals surface area (Å²) in [6.45, 7) is 7.65. The van der Waals surface area contributed by atoms with Gasteiger partial charge in [-0.25, -0.2) is 9.97 Å². The second-order valence-electron chi connectivity index (χ2n) is 6.86. The van der Waals surface area contributed by atoms with E-state index in [1.807, 2.05) is 45.1 Å². The zero-order chi connectivity index (χ0) is 20.8. The number of aryl methyl sites for hydroxylation is 2. The summed E-state index contributed by atoms with van der Waals surface area (Å²) in [6, 6.07) is 7.26. The predicted octanol–water partition coefficient (Wildman–Crippen LogP) is 1.86. The highest BCUT2D eigenvalue weighted by atomic mass is 31.0. The summed E-state index contributed by atoms with van der Waals surface area (Å²) in [4.78, 5) is 8.19. The van der Waals surface area contributed by atoms with E-state index in [9.17, 15) is 15.3 Å². The smallest absolute Gasteiger partial charge is 0.116 e. The average Bonchev–Trinajstić information content (AvgIpc) is 2.93. The second kappa shape index (κ2) is 10.2. The van der Waals surface area contributed by atoms with Gasteiger partial charge in [0.05, 0.1) is 6.10 Å². The Kier molecular flexibility index (Phi) is 8.23. The van der Waals surface area contributed by atoms with Gasteiger partial charge in [0.15, 0.2) is 0 Å². The fraction of sp³-hybridized carbons (Fsp3) is 0.429. The summed E-state index contributed by atoms with van der Waals surface area (Å²) in [5, 5.41) is 30.5. The van der Waals surface area contributed by atoms with Gasteiger partial charge in [0.1, 0.15) is 30.7 Å². The van der Waals surface area contributed by atoms with Crippen LogP contribution in [0, 0.1) is 13.8 Å². The summed E-state index contributed by atoms with van der Waals surface area (Å²) >= 11 is 0. The minimum atomic E-state index is -1.06. The number of aliphatic hydroxyl groups is 3. The van der Waals surface area contributed by atoms with Gasteiger partial charge in [-0.1, -0.05) is 36.4 Å². The van der Waals surface area contributed by atoms with Gasteiger partial charge >= 0.3 is 0 Å². The molecule has 28 heavy (non-hydrogen) atoms. The standard InChI is InChI=1S/C12H17O4P.C9H12N2/c1-6-9(13)11(15)12(16-6)10(14)7-2-4-8(17)5-3-7;1-4-5-9-7(2)10-6-11-8(9)3/h2-6,9-15H,17H2,1H3;4-6H,1-3H3/b;5-4-/t6-,9-,10-,11-,12+;/m0./s1. The molecule has 7 heteroatoms. The van der Waals surface area contributed by atoms with Gasteiger partial charge in [-0.3, -0.25) is 0 Å². The lowest BCUT2D eigenvalue weighted by Gasteiger charge is -2.21. The van der Waals surface area contributed by atoms with E-state index in [1.165, 1.54) is 0 Å². The van der Waals surface area contributed by atoms with Crippen LogP contribution in [0.3, 0.4) is 0 Å². The van der Waals surface area contributed by atoms with E-state index in [0.29, 0.717) is 5.56 Å². The molecule has 6 nitrogen and oxygen atoms in total. The highest BCUT2D eigenvalue weighted by Crippen LogP contribution is 2.30. The first kappa shape index (κ1) is 22.6. The quantitative estimate of drug-likeness (QED) is 0.676. The van der Waals surface area contributed by atoms with Crippen LogP contribution in [0.1, 0.15) is 42.5 Å². The Morgan fingerprint density at radius 3 is 2.11 bits per heavy atom. The average molecular weight is 404 g/mol. The van der Waals surface area contributed by atoms with Crippen molar-refractivity contribution in [1.82, 2.24) is 9.97 Å². The Hall–Kier alpha value is -1.69. The lowest BCUT2D eigenvalue weighted by Crippen LogP contribution is -2.34. The summed E-state index contributed by atoms with van der Waals surface area (Å²) in [6.07, 6.45) is 1.43. The third-order valence-electron chi connectivity index (χ3n) is 4.74. The van der Waals surface area contributed by atoms with Crippen molar-refractivity contribution in [2.24, 2.45) is 0 Å². The predicted molar refractivity (Wildman–Crippen MR) is 113 cm³/mol. The van der Waals surface area contributed by atoms with Gasteiger partial charge in [-0.15, -0.1) is 9.24 Å². The van der Waals surface area contributed by atoms with E-state index >= 15 is 0 Å². The topological polar surface area (TPSA) is 95.7 Å². The molecule has 0 radical (unpaired) electrons. The Morgan fingerprint density at radius 2 is 1.64 bits per heavy atom. The molecule has 1 aromatic carbocycles. The van der Waals surface area contributed by atoms with E-state index in [0.717, 1.165) is 22.3 Å². The molecule has 152 valence electrons. The number of aromatic nitrogens is 2. The molecule has 2 heterocycles. The van der Waals surface area contributed by atoms with Crippen LogP contribution in [-0.4, -0.2) is 49.7 Å². The van der Waals surface area contributed by atoms with Gasteiger partial charge in [-0.2, -0.15) is 0 Å². The van der Waals surface area contributed by atoms with Crippen molar-refractivity contribution >= 4 is 20.6 Å². The zero-order valence-corrected chi connectivity index (χ0v) is 17.8. The van der Waals surface area contributed by atoms with Crippen molar-refractivity contribution < 1.29 is 20.1 Å². The number of hydrogen-bond donors (Lipinski definition) is 3. The molecule has 6 atom stereocenters. The van der Waals surface area contributed by atoms with Gasteiger partial charge < -0.3 is 20.1 Å². The van der Waals surface area contributed by atoms with E-state index in [2.05, 4.69) is 19.2 Å². The normalized spacial score (nSPS) is 25.4. The molecule has 2 aromatic rings. The van der Waals surface area contributed by atoms with Crippen LogP contribution in [0.4, 0.5) is 0 Å². The fourth-order valence-electron chi connectivity index (χ4n) is 3.04. The molecule has 3 rings (SSSR count). The lowest BCUT2D eigenvalue weighted by atomic mass is 9.99. The lowest BCUT2D eigenvalue weighted by molar-refractivity contribution is -0.0635. The molecule has 0 saturated carbocycles. The Morgan fingerprint density at radius 1 is 1.07 bits per heavy atom. The molecule has 0 aliphatic carbocycles. The van der Waals surface area contributed by atoms with E-state index < -0.39 is 30.5 Å². The highest BCUT2D eigenvalue weighted by Gasteiger charge is 2.44. The molecule has 0 amide bonds. The van der Waals surface area contributed by atoms with E-state index in [4.69, 9.17) is 4.74 Å². The van der Waals surface area contributed by atoms with Crippen LogP contribution >= 0.6 is 9.24 Å². The molecule has 0 bridgehead atoms. The number of aliphatic hydroxyl groups excluding tert-OH is 3. The number of allylic oxidation sites excluding steroid dienone is 1. The number of nitrogens with zero attached hydrogens (tertiary/aromatic N) is 2. The summed E-state index contributed by atoms with van der Waals surface area (Å²) in [5.74, 6) is 0. The van der Waals surface area contributed by atoms with Crippen molar-refractivity contribution in [3.8, 4) is 0 Å². The molecule has 1 aliphatic heterocycles. The third kappa shape index (κ3) is 5.43. The second-order valence-corrected chi connectivity index (χ2v) is 7.52.